The summed E-state index contributed by atoms with van der Waals surface area (Å²) in [6.07, 6.45) is -4.58. The second-order valence-corrected chi connectivity index (χ2v) is 10.5. The molecule has 3 aromatic carbocycles. The van der Waals surface area contributed by atoms with Crippen molar-refractivity contribution in [2.75, 3.05) is 14.2 Å². The van der Waals surface area contributed by atoms with Crippen molar-refractivity contribution in [1.29, 1.82) is 0 Å². The number of H-pyrrole nitrogens is 1. The Balaban J connectivity index is 0.00000104. The lowest BCUT2D eigenvalue weighted by atomic mass is 9.63. The smallest absolute Gasteiger partial charge is 0.330 e. The van der Waals surface area contributed by atoms with Gasteiger partial charge in [0.05, 0.1) is 31.9 Å². The Kier molecular flexibility index (Phi) is 10.7. The van der Waals surface area contributed by atoms with Gasteiger partial charge in [0, 0.05) is 17.5 Å². The predicted molar refractivity (Wildman–Crippen MR) is 160 cm³/mol. The van der Waals surface area contributed by atoms with Crippen molar-refractivity contribution < 1.29 is 38.6 Å². The van der Waals surface area contributed by atoms with Crippen LogP contribution in [-0.4, -0.2) is 62.1 Å². The molecule has 234 valence electrons. The largest absolute Gasteiger partial charge is 0.496 e. The molecule has 12 nitrogen and oxygen atoms in total. The highest BCUT2D eigenvalue weighted by molar-refractivity contribution is 7.42. The van der Waals surface area contributed by atoms with E-state index in [1.54, 1.807) is 24.3 Å². The Labute approximate surface area is 252 Å². The molecule has 5 rings (SSSR count). The highest BCUT2D eigenvalue weighted by atomic mass is 31.2. The second-order valence-electron chi connectivity index (χ2n) is 9.84. The van der Waals surface area contributed by atoms with Crippen LogP contribution in [0.25, 0.3) is 0 Å². The highest BCUT2D eigenvalue weighted by Crippen LogP contribution is 2.51. The first-order valence-corrected chi connectivity index (χ1v) is 14.7. The third-order valence-corrected chi connectivity index (χ3v) is 7.42. The van der Waals surface area contributed by atoms with Gasteiger partial charge in [-0.25, -0.2) is 4.79 Å². The molecule has 0 aliphatic carbocycles. The van der Waals surface area contributed by atoms with Crippen LogP contribution >= 0.6 is 8.53 Å². The third-order valence-electron chi connectivity index (χ3n) is 7.42. The molecule has 7 N–H and O–H groups in total. The lowest BCUT2D eigenvalue weighted by Crippen LogP contribution is -2.51. The average Bonchev–Trinajstić information content (AvgIpc) is 3.41. The van der Waals surface area contributed by atoms with Crippen LogP contribution in [-0.2, 0) is 10.2 Å². The van der Waals surface area contributed by atoms with Gasteiger partial charge >= 0.3 is 5.69 Å². The van der Waals surface area contributed by atoms with Crippen LogP contribution in [0.15, 0.2) is 94.6 Å². The second kappa shape index (κ2) is 14.2. The standard InChI is InChI=1S/C30H29FN2O7.H4NO2P/c1-38-23-14-8-6-12-19(23)30(18-10-4-3-5-11-18,20-13-7-9-15-24(20)39-2)27(35)26-22(34)16-25(40-26)33-17-21(31)28(36)32-29(33)37;1-4(2)3/h3-15,17,22,25-27,34-35H,16H2,1-2H3,(H,32,36,37);2-3H,1H2/t22-,25+,26-,27?;/m0./s1. The van der Waals surface area contributed by atoms with Crippen molar-refractivity contribution >= 4 is 8.53 Å². The number of hydrogen-bond acceptors (Lipinski definition) is 10. The first-order valence-electron chi connectivity index (χ1n) is 13.3. The van der Waals surface area contributed by atoms with E-state index in [9.17, 15) is 24.2 Å². The van der Waals surface area contributed by atoms with Crippen LogP contribution < -0.4 is 26.2 Å². The van der Waals surface area contributed by atoms with Crippen molar-refractivity contribution in [2.24, 2.45) is 5.50 Å². The van der Waals surface area contributed by atoms with Gasteiger partial charge in [-0.1, -0.05) is 66.7 Å². The Morgan fingerprint density at radius 3 is 2.00 bits per heavy atom. The average molecular weight is 630 g/mol. The highest BCUT2D eigenvalue weighted by Gasteiger charge is 2.54. The molecule has 0 amide bonds. The van der Waals surface area contributed by atoms with Crippen molar-refractivity contribution in [2.45, 2.75) is 36.4 Å². The Morgan fingerprint density at radius 1 is 0.977 bits per heavy atom. The van der Waals surface area contributed by atoms with Crippen LogP contribution in [0.4, 0.5) is 4.39 Å². The Hall–Kier alpha value is -3.94. The van der Waals surface area contributed by atoms with E-state index in [0.29, 0.717) is 28.2 Å². The fourth-order valence-electron chi connectivity index (χ4n) is 5.64. The van der Waals surface area contributed by atoms with Gasteiger partial charge in [-0.2, -0.15) is 4.39 Å². The normalized spacial score (nSPS) is 18.8. The maximum atomic E-state index is 14.1. The summed E-state index contributed by atoms with van der Waals surface area (Å²) < 4.78 is 32.6. The van der Waals surface area contributed by atoms with E-state index in [2.05, 4.69) is 5.50 Å². The molecule has 1 saturated heterocycles. The maximum absolute atomic E-state index is 14.1. The van der Waals surface area contributed by atoms with Gasteiger partial charge in [0.2, 0.25) is 14.3 Å². The summed E-state index contributed by atoms with van der Waals surface area (Å²) in [4.78, 5) is 40.9. The van der Waals surface area contributed by atoms with E-state index in [1.807, 2.05) is 59.6 Å². The SMILES string of the molecule is COc1ccccc1C(c1ccccc1)(c1ccccc1OC)C(O)[C@H]1O[C@@H](n2cc(F)c(=O)[nH]c2=O)C[C@@H]1O.NP(O)O. The molecule has 4 aromatic rings. The zero-order chi connectivity index (χ0) is 32.0. The molecule has 1 aliphatic heterocycles. The van der Waals surface area contributed by atoms with Crippen LogP contribution in [0, 0.1) is 5.82 Å². The minimum atomic E-state index is -2.12. The molecule has 1 aromatic heterocycles. The quantitative estimate of drug-likeness (QED) is 0.124. The number of rotatable bonds is 8. The molecule has 14 heteroatoms. The number of aliphatic hydroxyl groups excluding tert-OH is 2. The van der Waals surface area contributed by atoms with Gasteiger partial charge in [-0.15, -0.1) is 0 Å². The number of nitrogens with one attached hydrogen (secondary N) is 1. The number of aromatic nitrogens is 2. The number of aromatic amines is 1. The summed E-state index contributed by atoms with van der Waals surface area (Å²) >= 11 is 0. The number of halogens is 1. The minimum Gasteiger partial charge on any atom is -0.496 e. The van der Waals surface area contributed by atoms with Crippen LogP contribution in [0.1, 0.15) is 29.3 Å². The molecule has 4 atom stereocenters. The van der Waals surface area contributed by atoms with Crippen LogP contribution in [0.3, 0.4) is 0 Å². The minimum absolute atomic E-state index is 0.143. The van der Waals surface area contributed by atoms with Crippen molar-refractivity contribution in [3.8, 4) is 11.5 Å². The van der Waals surface area contributed by atoms with Crippen molar-refractivity contribution in [3.05, 3.63) is 128 Å². The fourth-order valence-corrected chi connectivity index (χ4v) is 5.64. The van der Waals surface area contributed by atoms with E-state index in [1.165, 1.54) is 14.2 Å². The zero-order valence-electron chi connectivity index (χ0n) is 23.8. The van der Waals surface area contributed by atoms with Gasteiger partial charge in [0.15, 0.2) is 0 Å². The number of aliphatic hydroxyl groups is 2. The first-order chi connectivity index (χ1) is 21.1. The van der Waals surface area contributed by atoms with Gasteiger partial charge in [-0.3, -0.25) is 19.8 Å². The number of benzene rings is 3. The molecular weight excluding hydrogens is 596 g/mol. The molecule has 0 saturated carbocycles. The van der Waals surface area contributed by atoms with E-state index >= 15 is 0 Å². The number of para-hydroxylation sites is 2. The number of methoxy groups -OCH3 is 2. The molecule has 44 heavy (non-hydrogen) atoms. The van der Waals surface area contributed by atoms with Gasteiger partial charge in [-0.05, 0) is 17.7 Å². The molecule has 1 aliphatic rings. The summed E-state index contributed by atoms with van der Waals surface area (Å²) in [6, 6.07) is 23.6. The topological polar surface area (TPSA) is 189 Å². The third kappa shape index (κ3) is 6.44. The Morgan fingerprint density at radius 2 is 1.48 bits per heavy atom. The summed E-state index contributed by atoms with van der Waals surface area (Å²) in [6.45, 7) is 0. The number of hydrogen-bond donors (Lipinski definition) is 6. The number of ether oxygens (including phenoxy) is 3. The van der Waals surface area contributed by atoms with Gasteiger partial charge < -0.3 is 34.2 Å². The lowest BCUT2D eigenvalue weighted by Gasteiger charge is -2.43. The first kappa shape index (κ1) is 33.0. The van der Waals surface area contributed by atoms with Gasteiger partial charge in [0.1, 0.15) is 29.9 Å². The van der Waals surface area contributed by atoms with Crippen LogP contribution in [0.5, 0.6) is 11.5 Å². The Bertz CT molecular complexity index is 1620. The lowest BCUT2D eigenvalue weighted by molar-refractivity contribution is -0.0981. The van der Waals surface area contributed by atoms with Crippen LogP contribution in [0.2, 0.25) is 0 Å². The van der Waals surface area contributed by atoms with E-state index in [4.69, 9.17) is 24.0 Å². The van der Waals surface area contributed by atoms with Crippen molar-refractivity contribution in [1.82, 2.24) is 9.55 Å². The summed E-state index contributed by atoms with van der Waals surface area (Å²) in [7, 11) is 0.930. The summed E-state index contributed by atoms with van der Waals surface area (Å²) in [5, 5.41) is 23.7. The van der Waals surface area contributed by atoms with E-state index in [-0.39, 0.29) is 6.42 Å². The predicted octanol–water partition coefficient (Wildman–Crippen LogP) is 1.89. The molecular formula is C30H33FN3O9P. The van der Waals surface area contributed by atoms with E-state index < -0.39 is 55.5 Å². The molecule has 0 bridgehead atoms. The number of nitrogens with zero attached hydrogens (tertiary/aromatic N) is 1. The summed E-state index contributed by atoms with van der Waals surface area (Å²) in [5.41, 5.74) is 2.62. The fraction of sp³-hybridized carbons (Fsp3) is 0.267. The molecule has 0 spiro atoms. The molecule has 1 unspecified atom stereocenters. The molecule has 2 heterocycles. The van der Waals surface area contributed by atoms with Crippen molar-refractivity contribution in [3.63, 3.8) is 0 Å². The monoisotopic (exact) mass is 629 g/mol. The number of nitrogens with two attached hydrogens (primary N) is 1. The summed E-state index contributed by atoms with van der Waals surface area (Å²) in [5.74, 6) is -0.234. The van der Waals surface area contributed by atoms with E-state index in [0.717, 1.165) is 10.8 Å². The molecule has 1 fully saturated rings. The zero-order valence-corrected chi connectivity index (χ0v) is 24.7. The maximum Gasteiger partial charge on any atom is 0.330 e. The molecule has 0 radical (unpaired) electrons. The van der Waals surface area contributed by atoms with Gasteiger partial charge in [0.25, 0.3) is 5.56 Å².